The van der Waals surface area contributed by atoms with E-state index in [4.69, 9.17) is 9.47 Å². The van der Waals surface area contributed by atoms with Crippen LogP contribution in [0.15, 0.2) is 60.7 Å². The minimum absolute atomic E-state index is 0.0634. The number of rotatable bonds is 13. The van der Waals surface area contributed by atoms with Gasteiger partial charge >= 0.3 is 6.09 Å². The maximum atomic E-state index is 13.4. The maximum Gasteiger partial charge on any atom is 0.408 e. The lowest BCUT2D eigenvalue weighted by atomic mass is 9.93. The zero-order valence-corrected chi connectivity index (χ0v) is 22.4. The van der Waals surface area contributed by atoms with Crippen LogP contribution >= 0.6 is 0 Å². The highest BCUT2D eigenvalue weighted by Gasteiger charge is 2.50. The van der Waals surface area contributed by atoms with E-state index in [9.17, 15) is 19.2 Å². The van der Waals surface area contributed by atoms with Crippen molar-refractivity contribution in [3.63, 3.8) is 0 Å². The predicted octanol–water partition coefficient (Wildman–Crippen LogP) is 2.92. The third-order valence-electron chi connectivity index (χ3n) is 6.29. The van der Waals surface area contributed by atoms with Gasteiger partial charge in [0.05, 0.1) is 12.6 Å². The normalized spacial score (nSPS) is 18.6. The van der Waals surface area contributed by atoms with Crippen molar-refractivity contribution in [3.8, 4) is 0 Å². The number of benzene rings is 2. The molecule has 0 saturated carbocycles. The van der Waals surface area contributed by atoms with E-state index in [0.717, 1.165) is 11.1 Å². The van der Waals surface area contributed by atoms with Crippen LogP contribution in [-0.4, -0.2) is 54.0 Å². The Kier molecular flexibility index (Phi) is 10.0. The van der Waals surface area contributed by atoms with E-state index in [2.05, 4.69) is 16.0 Å². The number of hydrogen-bond donors (Lipinski definition) is 3. The number of ether oxygens (including phenoxy) is 2. The molecule has 0 aliphatic carbocycles. The molecule has 3 amide bonds. The molecule has 0 radical (unpaired) electrons. The average Bonchev–Trinajstić information content (AvgIpc) is 3.65. The van der Waals surface area contributed by atoms with Gasteiger partial charge in [-0.1, -0.05) is 74.5 Å². The number of Topliss-reactive ketones (excluding diaryl/α,β-unsaturated/α-hetero) is 1. The lowest BCUT2D eigenvalue weighted by molar-refractivity contribution is -0.133. The third kappa shape index (κ3) is 8.69. The fraction of sp³-hybridized carbons (Fsp3) is 0.448. The molecule has 0 bridgehead atoms. The molecule has 0 spiro atoms. The Morgan fingerprint density at radius 1 is 0.842 bits per heavy atom. The first-order chi connectivity index (χ1) is 18.1. The van der Waals surface area contributed by atoms with Gasteiger partial charge in [-0.15, -0.1) is 0 Å². The van der Waals surface area contributed by atoms with Crippen molar-refractivity contribution in [2.75, 3.05) is 6.61 Å². The predicted molar refractivity (Wildman–Crippen MR) is 142 cm³/mol. The van der Waals surface area contributed by atoms with E-state index in [1.165, 1.54) is 6.92 Å². The second kappa shape index (κ2) is 13.2. The molecule has 3 rings (SSSR count). The van der Waals surface area contributed by atoms with Crippen LogP contribution < -0.4 is 16.0 Å². The highest BCUT2D eigenvalue weighted by atomic mass is 16.6. The van der Waals surface area contributed by atoms with E-state index < -0.39 is 41.6 Å². The summed E-state index contributed by atoms with van der Waals surface area (Å²) >= 11 is 0. The molecule has 1 aliphatic rings. The zero-order chi connectivity index (χ0) is 27.7. The van der Waals surface area contributed by atoms with Crippen molar-refractivity contribution in [3.05, 3.63) is 71.8 Å². The van der Waals surface area contributed by atoms with Crippen molar-refractivity contribution in [1.82, 2.24) is 16.0 Å². The Labute approximate surface area is 223 Å². The van der Waals surface area contributed by atoms with Crippen molar-refractivity contribution in [1.29, 1.82) is 0 Å². The molecule has 204 valence electrons. The molecule has 1 fully saturated rings. The van der Waals surface area contributed by atoms with Gasteiger partial charge in [-0.05, 0) is 37.3 Å². The molecule has 4 unspecified atom stereocenters. The van der Waals surface area contributed by atoms with E-state index in [-0.39, 0.29) is 24.7 Å². The number of alkyl carbamates (subject to hydrolysis) is 1. The van der Waals surface area contributed by atoms with Gasteiger partial charge in [0.25, 0.3) is 0 Å². The van der Waals surface area contributed by atoms with Gasteiger partial charge < -0.3 is 25.4 Å². The summed E-state index contributed by atoms with van der Waals surface area (Å²) in [5.41, 5.74) is 0.763. The molecule has 0 aromatic heterocycles. The number of epoxide rings is 1. The Morgan fingerprint density at radius 3 is 1.95 bits per heavy atom. The van der Waals surface area contributed by atoms with E-state index in [1.807, 2.05) is 74.5 Å². The Balaban J connectivity index is 1.65. The zero-order valence-electron chi connectivity index (χ0n) is 22.4. The van der Waals surface area contributed by atoms with Crippen LogP contribution in [0, 0.1) is 5.92 Å². The summed E-state index contributed by atoms with van der Waals surface area (Å²) in [4.78, 5) is 51.6. The molecule has 1 heterocycles. The lowest BCUT2D eigenvalue weighted by Crippen LogP contribution is -2.57. The van der Waals surface area contributed by atoms with Gasteiger partial charge in [-0.2, -0.15) is 0 Å². The molecule has 1 saturated heterocycles. The van der Waals surface area contributed by atoms with Crippen LogP contribution in [0.5, 0.6) is 0 Å². The summed E-state index contributed by atoms with van der Waals surface area (Å²) < 4.78 is 10.5. The van der Waals surface area contributed by atoms with Crippen LogP contribution in [0.3, 0.4) is 0 Å². The Morgan fingerprint density at radius 2 is 1.39 bits per heavy atom. The number of amides is 3. The van der Waals surface area contributed by atoms with Crippen LogP contribution in [-0.2, 0) is 36.9 Å². The number of carbonyl (C=O) groups is 4. The van der Waals surface area contributed by atoms with Crippen molar-refractivity contribution >= 4 is 23.7 Å². The maximum absolute atomic E-state index is 13.4. The molecule has 9 nitrogen and oxygen atoms in total. The molecule has 3 N–H and O–H groups in total. The average molecular weight is 524 g/mol. The number of hydrogen-bond acceptors (Lipinski definition) is 6. The highest BCUT2D eigenvalue weighted by Crippen LogP contribution is 2.29. The lowest BCUT2D eigenvalue weighted by Gasteiger charge is -2.26. The topological polar surface area (TPSA) is 126 Å². The monoisotopic (exact) mass is 523 g/mol. The van der Waals surface area contributed by atoms with Gasteiger partial charge in [-0.25, -0.2) is 4.79 Å². The first kappa shape index (κ1) is 28.8. The molecule has 2 aromatic carbocycles. The molecular weight excluding hydrogens is 486 g/mol. The summed E-state index contributed by atoms with van der Waals surface area (Å²) in [6, 6.07) is 15.8. The standard InChI is InChI=1S/C29H37N3O6/c1-19(2)15-23(25(33)29(4)18-38-29)31-27(35)24(16-21-11-7-5-8-12-21)32-26(34)20(3)30-28(36)37-17-22-13-9-6-10-14-22/h5-14,19-20,23-24H,15-18H2,1-4H3,(H,30,36)(H,31,35)(H,32,34). The molecule has 1 aliphatic heterocycles. The number of carbonyl (C=O) groups excluding carboxylic acids is 4. The summed E-state index contributed by atoms with van der Waals surface area (Å²) in [5.74, 6) is -1.06. The number of ketones is 1. The van der Waals surface area contributed by atoms with Crippen LogP contribution in [0.2, 0.25) is 0 Å². The molecule has 2 aromatic rings. The van der Waals surface area contributed by atoms with Crippen LogP contribution in [0.1, 0.15) is 45.2 Å². The van der Waals surface area contributed by atoms with Crippen LogP contribution in [0.4, 0.5) is 4.79 Å². The Hall–Kier alpha value is -3.72. The van der Waals surface area contributed by atoms with Gasteiger partial charge in [0.2, 0.25) is 11.8 Å². The minimum Gasteiger partial charge on any atom is -0.445 e. The third-order valence-corrected chi connectivity index (χ3v) is 6.29. The summed E-state index contributed by atoms with van der Waals surface area (Å²) in [7, 11) is 0. The Bertz CT molecular complexity index is 1100. The second-order valence-corrected chi connectivity index (χ2v) is 10.3. The molecule has 4 atom stereocenters. The minimum atomic E-state index is -0.968. The largest absolute Gasteiger partial charge is 0.445 e. The quantitative estimate of drug-likeness (QED) is 0.347. The molecular formula is C29H37N3O6. The summed E-state index contributed by atoms with van der Waals surface area (Å²) in [6.07, 6.45) is -0.0958. The van der Waals surface area contributed by atoms with Gasteiger partial charge in [-0.3, -0.25) is 14.4 Å². The summed E-state index contributed by atoms with van der Waals surface area (Å²) in [6.45, 7) is 7.54. The van der Waals surface area contributed by atoms with Crippen LogP contribution in [0.25, 0.3) is 0 Å². The second-order valence-electron chi connectivity index (χ2n) is 10.3. The van der Waals surface area contributed by atoms with Crippen molar-refractivity contribution in [2.45, 2.75) is 70.9 Å². The van der Waals surface area contributed by atoms with Gasteiger partial charge in [0.15, 0.2) is 5.78 Å². The van der Waals surface area contributed by atoms with Gasteiger partial charge in [0.1, 0.15) is 24.3 Å². The van der Waals surface area contributed by atoms with Crippen molar-refractivity contribution in [2.24, 2.45) is 5.92 Å². The number of nitrogens with one attached hydrogen (secondary N) is 3. The first-order valence-corrected chi connectivity index (χ1v) is 12.9. The van der Waals surface area contributed by atoms with E-state index in [1.54, 1.807) is 6.92 Å². The van der Waals surface area contributed by atoms with E-state index >= 15 is 0 Å². The fourth-order valence-electron chi connectivity index (χ4n) is 3.96. The molecule has 38 heavy (non-hydrogen) atoms. The van der Waals surface area contributed by atoms with E-state index in [0.29, 0.717) is 13.0 Å². The molecule has 9 heteroatoms. The SMILES string of the molecule is CC(C)CC(NC(=O)C(Cc1ccccc1)NC(=O)C(C)NC(=O)OCc1ccccc1)C(=O)C1(C)CO1. The van der Waals surface area contributed by atoms with Gasteiger partial charge in [0, 0.05) is 6.42 Å². The van der Waals surface area contributed by atoms with Crippen molar-refractivity contribution < 1.29 is 28.7 Å². The fourth-order valence-corrected chi connectivity index (χ4v) is 3.96. The smallest absolute Gasteiger partial charge is 0.408 e. The highest BCUT2D eigenvalue weighted by molar-refractivity contribution is 5.98. The summed E-state index contributed by atoms with van der Waals surface area (Å²) in [5, 5.41) is 8.07. The first-order valence-electron chi connectivity index (χ1n) is 12.9.